The molecule has 0 saturated carbocycles. The quantitative estimate of drug-likeness (QED) is 0.169. The molecule has 10 nitrogen and oxygen atoms in total. The number of anilines is 1. The topological polar surface area (TPSA) is 125 Å². The molecule has 0 aromatic heterocycles. The summed E-state index contributed by atoms with van der Waals surface area (Å²) in [5.74, 6) is -3.72. The van der Waals surface area contributed by atoms with Crippen molar-refractivity contribution in [2.75, 3.05) is 24.6 Å². The number of alkyl halides is 1. The lowest BCUT2D eigenvalue weighted by atomic mass is 9.70. The molecule has 2 aromatic carbocycles. The van der Waals surface area contributed by atoms with E-state index in [4.69, 9.17) is 9.47 Å². The van der Waals surface area contributed by atoms with Gasteiger partial charge in [-0.05, 0) is 56.4 Å². The van der Waals surface area contributed by atoms with E-state index in [0.717, 1.165) is 11.1 Å². The van der Waals surface area contributed by atoms with E-state index < -0.39 is 60.2 Å². The maximum Gasteiger partial charge on any atom is 0.312 e. The number of halogens is 1. The first-order valence-corrected chi connectivity index (χ1v) is 17.3. The number of rotatable bonds is 14. The van der Waals surface area contributed by atoms with Crippen LogP contribution in [0.25, 0.3) is 0 Å². The predicted molar refractivity (Wildman–Crippen MR) is 185 cm³/mol. The smallest absolute Gasteiger partial charge is 0.312 e. The second kappa shape index (κ2) is 14.8. The monoisotopic (exact) mass is 721 g/mol. The summed E-state index contributed by atoms with van der Waals surface area (Å²) >= 11 is 3.71. The molecule has 1 unspecified atom stereocenters. The van der Waals surface area contributed by atoms with Gasteiger partial charge in [-0.1, -0.05) is 70.5 Å². The summed E-state index contributed by atoms with van der Waals surface area (Å²) in [5.41, 5.74) is 1.77. The van der Waals surface area contributed by atoms with Gasteiger partial charge in [0, 0.05) is 23.5 Å². The zero-order valence-corrected chi connectivity index (χ0v) is 29.2. The van der Waals surface area contributed by atoms with E-state index in [1.165, 1.54) is 4.90 Å². The summed E-state index contributed by atoms with van der Waals surface area (Å²) < 4.78 is 12.5. The Hall–Kier alpha value is -3.80. The Labute approximate surface area is 290 Å². The summed E-state index contributed by atoms with van der Waals surface area (Å²) in [6, 6.07) is 12.8. The number of carbonyl (C=O) groups excluding carboxylic acids is 4. The molecule has 0 radical (unpaired) electrons. The number of hydrogen-bond acceptors (Lipinski definition) is 7. The van der Waals surface area contributed by atoms with Gasteiger partial charge in [0.2, 0.25) is 11.8 Å². The Morgan fingerprint density at radius 1 is 1.19 bits per heavy atom. The second-order valence-electron chi connectivity index (χ2n) is 12.9. The second-order valence-corrected chi connectivity index (χ2v) is 14.1. The van der Waals surface area contributed by atoms with Crippen LogP contribution in [0.1, 0.15) is 48.9 Å². The molecule has 11 heteroatoms. The molecule has 5 rings (SSSR count). The zero-order chi connectivity index (χ0) is 34.7. The molecule has 2 N–H and O–H groups in total. The molecular formula is C37H44BrN3O7. The lowest BCUT2D eigenvalue weighted by Gasteiger charge is -2.39. The Balaban J connectivity index is 1.55. The average molecular weight is 723 g/mol. The Morgan fingerprint density at radius 3 is 2.58 bits per heavy atom. The van der Waals surface area contributed by atoms with Gasteiger partial charge in [-0.15, -0.1) is 13.2 Å². The van der Waals surface area contributed by atoms with Crippen LogP contribution in [0, 0.1) is 25.7 Å². The minimum atomic E-state index is -1.38. The zero-order valence-electron chi connectivity index (χ0n) is 27.6. The van der Waals surface area contributed by atoms with Gasteiger partial charge in [0.15, 0.2) is 0 Å². The summed E-state index contributed by atoms with van der Waals surface area (Å²) in [4.78, 5) is 58.6. The minimum absolute atomic E-state index is 0.0989. The molecule has 3 fully saturated rings. The van der Waals surface area contributed by atoms with Crippen LogP contribution in [0.2, 0.25) is 0 Å². The lowest BCUT2D eigenvalue weighted by Crippen LogP contribution is -2.57. The number of nitrogens with zero attached hydrogens (tertiary/aromatic N) is 2. The number of ether oxygens (including phenoxy) is 2. The minimum Gasteiger partial charge on any atom is -0.460 e. The van der Waals surface area contributed by atoms with E-state index in [2.05, 4.69) is 34.4 Å². The SMILES string of the molecule is C=CCCC(=O)NC[C@@H](C)OC(=O)[C@@H]1[C@H]2O[C@@]3(CC2Br)[C@H](C(=O)N(CC=C)c2cc(C)ccc2C)N([C@H](CO)c2ccccc2)C(=O)[C@@H]13. The third kappa shape index (κ3) is 6.47. The van der Waals surface area contributed by atoms with Crippen LogP contribution in [0.3, 0.4) is 0 Å². The van der Waals surface area contributed by atoms with Crippen LogP contribution >= 0.6 is 15.9 Å². The summed E-state index contributed by atoms with van der Waals surface area (Å²) in [7, 11) is 0. The van der Waals surface area contributed by atoms with Crippen molar-refractivity contribution in [3.05, 3.63) is 90.5 Å². The highest BCUT2D eigenvalue weighted by atomic mass is 79.9. The Bertz CT molecular complexity index is 1570. The maximum absolute atomic E-state index is 15.1. The molecule has 3 heterocycles. The summed E-state index contributed by atoms with van der Waals surface area (Å²) in [5, 5.41) is 13.6. The standard InChI is InChI=1S/C37H44BrN3O7/c1-6-8-14-29(43)39-20-24(5)47-36(46)30-31-34(44)41(28(21-42)25-12-10-9-11-13-25)33(37(31)19-26(38)32(30)48-37)35(45)40(17-7-2)27-18-22(3)15-16-23(27)4/h6-7,9-13,15-16,18,24,26,28,30-33,42H,1-2,8,14,17,19-21H2,3-5H3,(H,39,43)/t24-,26?,28-,30+,31-,32+,33+,37-/m1/s1. The van der Waals surface area contributed by atoms with Crippen molar-refractivity contribution in [1.82, 2.24) is 10.2 Å². The van der Waals surface area contributed by atoms with Gasteiger partial charge in [0.25, 0.3) is 5.91 Å². The first-order chi connectivity index (χ1) is 23.0. The van der Waals surface area contributed by atoms with E-state index in [9.17, 15) is 19.5 Å². The van der Waals surface area contributed by atoms with Crippen LogP contribution in [0.5, 0.6) is 0 Å². The van der Waals surface area contributed by atoms with Gasteiger partial charge in [-0.2, -0.15) is 0 Å². The largest absolute Gasteiger partial charge is 0.460 e. The van der Waals surface area contributed by atoms with Crippen molar-refractivity contribution in [3.8, 4) is 0 Å². The van der Waals surface area contributed by atoms with Crippen molar-refractivity contribution in [1.29, 1.82) is 0 Å². The normalized spacial score (nSPS) is 26.8. The molecule has 48 heavy (non-hydrogen) atoms. The van der Waals surface area contributed by atoms with E-state index in [-0.39, 0.29) is 36.2 Å². The van der Waals surface area contributed by atoms with Gasteiger partial charge < -0.3 is 29.7 Å². The number of aryl methyl sites for hydroxylation is 2. The fourth-order valence-corrected chi connectivity index (χ4v) is 8.42. The van der Waals surface area contributed by atoms with E-state index in [1.807, 2.05) is 50.2 Å². The summed E-state index contributed by atoms with van der Waals surface area (Å²) in [6.07, 6.45) is 2.98. The van der Waals surface area contributed by atoms with Gasteiger partial charge in [-0.25, -0.2) is 0 Å². The molecule has 1 spiro atoms. The first kappa shape index (κ1) is 35.5. The molecule has 8 atom stereocenters. The molecule has 3 aliphatic heterocycles. The van der Waals surface area contributed by atoms with E-state index in [1.54, 1.807) is 36.1 Å². The van der Waals surface area contributed by atoms with E-state index in [0.29, 0.717) is 24.1 Å². The van der Waals surface area contributed by atoms with E-state index >= 15 is 4.79 Å². The highest BCUT2D eigenvalue weighted by Gasteiger charge is 2.77. The molecule has 3 amide bonds. The van der Waals surface area contributed by atoms with Crippen LogP contribution in [0.15, 0.2) is 73.8 Å². The van der Waals surface area contributed by atoms with Crippen molar-refractivity contribution >= 4 is 45.3 Å². The lowest BCUT2D eigenvalue weighted by molar-refractivity contribution is -0.159. The fourth-order valence-electron chi connectivity index (χ4n) is 7.47. The molecule has 3 saturated heterocycles. The highest BCUT2D eigenvalue weighted by Crippen LogP contribution is 2.61. The number of carbonyl (C=O) groups is 4. The number of fused-ring (bicyclic) bond motifs is 1. The van der Waals surface area contributed by atoms with Gasteiger partial charge in [-0.3, -0.25) is 19.2 Å². The Kier molecular flexibility index (Phi) is 10.9. The highest BCUT2D eigenvalue weighted by molar-refractivity contribution is 9.09. The Morgan fingerprint density at radius 2 is 1.92 bits per heavy atom. The third-order valence-corrected chi connectivity index (χ3v) is 10.5. The number of aliphatic hydroxyl groups excluding tert-OH is 1. The van der Waals surface area contributed by atoms with Gasteiger partial charge in [0.1, 0.15) is 17.7 Å². The number of esters is 1. The van der Waals surface area contributed by atoms with Crippen molar-refractivity contribution in [2.24, 2.45) is 11.8 Å². The number of benzene rings is 2. The van der Waals surface area contributed by atoms with Crippen LogP contribution in [-0.4, -0.2) is 82.1 Å². The van der Waals surface area contributed by atoms with Crippen LogP contribution < -0.4 is 10.2 Å². The van der Waals surface area contributed by atoms with Crippen molar-refractivity contribution in [2.45, 2.75) is 74.8 Å². The number of aliphatic hydroxyl groups is 1. The first-order valence-electron chi connectivity index (χ1n) is 16.4. The van der Waals surface area contributed by atoms with Crippen LogP contribution in [-0.2, 0) is 28.7 Å². The number of likely N-dealkylation sites (tertiary alicyclic amines) is 1. The summed E-state index contributed by atoms with van der Waals surface area (Å²) in [6.45, 7) is 12.9. The van der Waals surface area contributed by atoms with Crippen molar-refractivity contribution < 1.29 is 33.8 Å². The number of allylic oxidation sites excluding steroid dienone is 1. The number of hydrogen-bond donors (Lipinski definition) is 2. The predicted octanol–water partition coefficient (Wildman–Crippen LogP) is 4.32. The molecular weight excluding hydrogens is 678 g/mol. The molecule has 2 bridgehead atoms. The fraction of sp³-hybridized carbons (Fsp3) is 0.459. The molecule has 3 aliphatic rings. The molecule has 0 aliphatic carbocycles. The van der Waals surface area contributed by atoms with Gasteiger partial charge >= 0.3 is 5.97 Å². The number of nitrogens with one attached hydrogen (secondary N) is 1. The van der Waals surface area contributed by atoms with Crippen molar-refractivity contribution in [3.63, 3.8) is 0 Å². The van der Waals surface area contributed by atoms with Gasteiger partial charge in [0.05, 0.1) is 37.1 Å². The average Bonchev–Trinajstić information content (AvgIpc) is 3.67. The molecule has 2 aromatic rings. The molecule has 256 valence electrons. The van der Waals surface area contributed by atoms with Crippen LogP contribution in [0.4, 0.5) is 5.69 Å². The number of amides is 3. The third-order valence-electron chi connectivity index (χ3n) is 9.64. The maximum atomic E-state index is 15.1.